The van der Waals surface area contributed by atoms with Crippen LogP contribution in [0, 0.1) is 0 Å². The van der Waals surface area contributed by atoms with Gasteiger partial charge in [0.1, 0.15) is 0 Å². The second-order valence-electron chi connectivity index (χ2n) is 4.10. The van der Waals surface area contributed by atoms with Crippen molar-refractivity contribution in [2.24, 2.45) is 0 Å². The summed E-state index contributed by atoms with van der Waals surface area (Å²) in [6, 6.07) is 0.715. The first-order chi connectivity index (χ1) is 6.69. The summed E-state index contributed by atoms with van der Waals surface area (Å²) >= 11 is 4.33. The van der Waals surface area contributed by atoms with Crippen LogP contribution < -0.4 is 5.32 Å². The third-order valence-corrected chi connectivity index (χ3v) is 6.54. The van der Waals surface area contributed by atoms with Gasteiger partial charge in [0, 0.05) is 27.5 Å². The predicted molar refractivity (Wildman–Crippen MR) is 70.5 cm³/mol. The second kappa shape index (κ2) is 6.29. The lowest BCUT2D eigenvalue weighted by Gasteiger charge is -2.35. The molecule has 14 heavy (non-hydrogen) atoms. The number of hydrogen-bond acceptors (Lipinski definition) is 3. The number of rotatable bonds is 4. The zero-order chi connectivity index (χ0) is 10.6. The highest BCUT2D eigenvalue weighted by molar-refractivity contribution is 8.07. The lowest BCUT2D eigenvalue weighted by Crippen LogP contribution is -2.41. The van der Waals surface area contributed by atoms with Crippen molar-refractivity contribution in [3.05, 3.63) is 0 Å². The van der Waals surface area contributed by atoms with Crippen molar-refractivity contribution in [2.75, 3.05) is 12.8 Å². The molecule has 0 aromatic heterocycles. The predicted octanol–water partition coefficient (Wildman–Crippen LogP) is 3.00. The van der Waals surface area contributed by atoms with Gasteiger partial charge in [0.15, 0.2) is 0 Å². The molecule has 0 spiro atoms. The van der Waals surface area contributed by atoms with Gasteiger partial charge in [-0.3, -0.25) is 0 Å². The van der Waals surface area contributed by atoms with Gasteiger partial charge in [-0.25, -0.2) is 0 Å². The summed E-state index contributed by atoms with van der Waals surface area (Å²) in [5.41, 5.74) is 0. The van der Waals surface area contributed by atoms with Crippen molar-refractivity contribution in [3.8, 4) is 0 Å². The maximum absolute atomic E-state index is 3.47. The minimum Gasteiger partial charge on any atom is -0.316 e. The Bertz CT molecular complexity index is 163. The normalized spacial score (nSPS) is 35.6. The Morgan fingerprint density at radius 1 is 1.36 bits per heavy atom. The molecule has 0 aliphatic carbocycles. The third kappa shape index (κ3) is 3.35. The fourth-order valence-corrected chi connectivity index (χ4v) is 5.06. The Morgan fingerprint density at radius 2 is 2.07 bits per heavy atom. The fraction of sp³-hybridized carbons (Fsp3) is 1.00. The van der Waals surface area contributed by atoms with E-state index in [0.29, 0.717) is 6.04 Å². The van der Waals surface area contributed by atoms with Crippen LogP contribution in [-0.2, 0) is 0 Å². The first kappa shape index (κ1) is 12.7. The summed E-state index contributed by atoms with van der Waals surface area (Å²) in [5, 5.41) is 5.93. The lowest BCUT2D eigenvalue weighted by atomic mass is 10.1. The van der Waals surface area contributed by atoms with Crippen LogP contribution in [0.3, 0.4) is 0 Å². The fourth-order valence-electron chi connectivity index (χ4n) is 1.85. The molecule has 1 fully saturated rings. The third-order valence-electron chi connectivity index (χ3n) is 2.99. The highest BCUT2D eigenvalue weighted by Crippen LogP contribution is 2.37. The zero-order valence-electron chi connectivity index (χ0n) is 9.75. The van der Waals surface area contributed by atoms with Gasteiger partial charge in [-0.15, -0.1) is 0 Å². The Morgan fingerprint density at radius 3 is 2.57 bits per heavy atom. The van der Waals surface area contributed by atoms with Crippen LogP contribution in [0.4, 0.5) is 0 Å². The van der Waals surface area contributed by atoms with Gasteiger partial charge in [0.05, 0.1) is 0 Å². The van der Waals surface area contributed by atoms with Crippen molar-refractivity contribution < 1.29 is 0 Å². The first-order valence-electron chi connectivity index (χ1n) is 5.63. The van der Waals surface area contributed by atoms with Crippen molar-refractivity contribution in [1.82, 2.24) is 5.32 Å². The second-order valence-corrected chi connectivity index (χ2v) is 7.13. The van der Waals surface area contributed by atoms with Gasteiger partial charge < -0.3 is 5.32 Å². The molecular weight excluding hydrogens is 210 g/mol. The molecule has 1 nitrogen and oxygen atoms in total. The van der Waals surface area contributed by atoms with Crippen molar-refractivity contribution in [1.29, 1.82) is 0 Å². The largest absolute Gasteiger partial charge is 0.316 e. The van der Waals surface area contributed by atoms with E-state index in [0.717, 1.165) is 15.7 Å². The summed E-state index contributed by atoms with van der Waals surface area (Å²) in [5.74, 6) is 1.32. The molecule has 0 aromatic carbocycles. The maximum Gasteiger partial charge on any atom is 0.0294 e. The van der Waals surface area contributed by atoms with Gasteiger partial charge in [-0.05, 0) is 13.5 Å². The Labute approximate surface area is 97.2 Å². The molecule has 3 heteroatoms. The maximum atomic E-state index is 3.47. The van der Waals surface area contributed by atoms with E-state index in [9.17, 15) is 0 Å². The summed E-state index contributed by atoms with van der Waals surface area (Å²) in [7, 11) is 2.11. The van der Waals surface area contributed by atoms with E-state index in [-0.39, 0.29) is 0 Å². The molecule has 0 aromatic rings. The topological polar surface area (TPSA) is 12.0 Å². The number of hydrogen-bond donors (Lipinski definition) is 1. The van der Waals surface area contributed by atoms with Crippen molar-refractivity contribution in [3.63, 3.8) is 0 Å². The molecule has 0 amide bonds. The summed E-state index contributed by atoms with van der Waals surface area (Å²) < 4.78 is 0. The minimum atomic E-state index is 0.715. The van der Waals surface area contributed by atoms with Crippen LogP contribution >= 0.6 is 23.5 Å². The summed E-state index contributed by atoms with van der Waals surface area (Å²) in [4.78, 5) is 0. The lowest BCUT2D eigenvalue weighted by molar-refractivity contribution is 0.512. The molecule has 0 radical (unpaired) electrons. The Hall–Kier alpha value is 0.660. The van der Waals surface area contributed by atoms with E-state index in [1.165, 1.54) is 18.6 Å². The van der Waals surface area contributed by atoms with Crippen LogP contribution in [0.15, 0.2) is 0 Å². The highest BCUT2D eigenvalue weighted by atomic mass is 32.2. The van der Waals surface area contributed by atoms with E-state index >= 15 is 0 Å². The van der Waals surface area contributed by atoms with Gasteiger partial charge in [0.25, 0.3) is 0 Å². The average Bonchev–Trinajstić information content (AvgIpc) is 2.19. The molecule has 1 rings (SSSR count). The molecule has 84 valence electrons. The Kier molecular flexibility index (Phi) is 5.72. The van der Waals surface area contributed by atoms with Crippen molar-refractivity contribution >= 4 is 23.5 Å². The van der Waals surface area contributed by atoms with Crippen LogP contribution in [0.2, 0.25) is 0 Å². The van der Waals surface area contributed by atoms with E-state index in [4.69, 9.17) is 0 Å². The number of nitrogens with one attached hydrogen (secondary N) is 1. The minimum absolute atomic E-state index is 0.715. The quantitative estimate of drug-likeness (QED) is 0.802. The van der Waals surface area contributed by atoms with E-state index in [2.05, 4.69) is 56.7 Å². The van der Waals surface area contributed by atoms with Crippen LogP contribution in [0.25, 0.3) is 0 Å². The van der Waals surface area contributed by atoms with Crippen LogP contribution in [-0.4, -0.2) is 34.6 Å². The zero-order valence-corrected chi connectivity index (χ0v) is 11.4. The van der Waals surface area contributed by atoms with E-state index < -0.39 is 0 Å². The average molecular weight is 233 g/mol. The van der Waals surface area contributed by atoms with Gasteiger partial charge in [-0.1, -0.05) is 27.2 Å². The van der Waals surface area contributed by atoms with Gasteiger partial charge >= 0.3 is 0 Å². The van der Waals surface area contributed by atoms with Crippen LogP contribution in [0.1, 0.15) is 33.6 Å². The molecule has 0 bridgehead atoms. The molecule has 4 atom stereocenters. The molecular formula is C11H23NS2. The smallest absolute Gasteiger partial charge is 0.0294 e. The molecule has 4 unspecified atom stereocenters. The van der Waals surface area contributed by atoms with Crippen LogP contribution in [0.5, 0.6) is 0 Å². The number of thioether (sulfide) groups is 2. The first-order valence-corrected chi connectivity index (χ1v) is 7.62. The molecule has 0 saturated carbocycles. The Balaban J connectivity index is 2.43. The molecule has 1 aliphatic heterocycles. The van der Waals surface area contributed by atoms with Crippen molar-refractivity contribution in [2.45, 2.75) is 55.4 Å². The monoisotopic (exact) mass is 233 g/mol. The van der Waals surface area contributed by atoms with Gasteiger partial charge in [-0.2, -0.15) is 23.5 Å². The van der Waals surface area contributed by atoms with Gasteiger partial charge in [0.2, 0.25) is 0 Å². The molecule has 1 heterocycles. The van der Waals surface area contributed by atoms with E-state index in [1.54, 1.807) is 0 Å². The standard InChI is InChI=1S/C11H23NS2/c1-5-6-10(12-4)11-7-13-8(2)9(3)14-11/h8-12H,5-7H2,1-4H3. The highest BCUT2D eigenvalue weighted by Gasteiger charge is 2.29. The molecule has 1 N–H and O–H groups in total. The molecule has 1 saturated heterocycles. The summed E-state index contributed by atoms with van der Waals surface area (Å²) in [6.07, 6.45) is 2.60. The molecule has 1 aliphatic rings. The van der Waals surface area contributed by atoms with E-state index in [1.807, 2.05) is 0 Å². The summed E-state index contributed by atoms with van der Waals surface area (Å²) in [6.45, 7) is 7.00. The SMILES string of the molecule is CCCC(NC)C1CSC(C)C(C)S1.